The number of carboxylic acid groups (broad SMARTS) is 1. The van der Waals surface area contributed by atoms with Gasteiger partial charge in [-0.25, -0.2) is 4.98 Å². The molecule has 0 amide bonds. The van der Waals surface area contributed by atoms with E-state index in [1.807, 2.05) is 18.2 Å². The molecule has 0 unspecified atom stereocenters. The SMILES string of the molecule is O=C(O)[C@H]1Cc2[nH]cnc2[C@H](c2ccc3c(c2)OCO3)N1. The number of imidazole rings is 1. The van der Waals surface area contributed by atoms with Crippen LogP contribution in [0.15, 0.2) is 24.5 Å². The maximum absolute atomic E-state index is 11.3. The van der Waals surface area contributed by atoms with Crippen molar-refractivity contribution in [3.8, 4) is 11.5 Å². The third kappa shape index (κ3) is 1.93. The predicted molar refractivity (Wildman–Crippen MR) is 71.3 cm³/mol. The Morgan fingerprint density at radius 1 is 1.33 bits per heavy atom. The van der Waals surface area contributed by atoms with Crippen molar-refractivity contribution in [3.05, 3.63) is 41.5 Å². The Hall–Kier alpha value is -2.54. The zero-order valence-electron chi connectivity index (χ0n) is 11.0. The highest BCUT2D eigenvalue weighted by Gasteiger charge is 2.33. The molecule has 0 fully saturated rings. The highest BCUT2D eigenvalue weighted by atomic mass is 16.7. The molecule has 108 valence electrons. The third-order valence-corrected chi connectivity index (χ3v) is 3.83. The Morgan fingerprint density at radius 2 is 2.19 bits per heavy atom. The molecule has 2 aromatic rings. The molecule has 0 radical (unpaired) electrons. The Morgan fingerprint density at radius 3 is 3.05 bits per heavy atom. The van der Waals surface area contributed by atoms with E-state index >= 15 is 0 Å². The van der Waals surface area contributed by atoms with Crippen molar-refractivity contribution in [2.45, 2.75) is 18.5 Å². The van der Waals surface area contributed by atoms with E-state index in [0.29, 0.717) is 17.9 Å². The summed E-state index contributed by atoms with van der Waals surface area (Å²) in [5.74, 6) is 0.497. The number of nitrogens with zero attached hydrogens (tertiary/aromatic N) is 1. The number of carbonyl (C=O) groups is 1. The lowest BCUT2D eigenvalue weighted by Crippen LogP contribution is -2.45. The zero-order valence-corrected chi connectivity index (χ0v) is 11.0. The van der Waals surface area contributed by atoms with Gasteiger partial charge in [0.1, 0.15) is 6.04 Å². The molecule has 0 bridgehead atoms. The van der Waals surface area contributed by atoms with E-state index in [0.717, 1.165) is 17.0 Å². The lowest BCUT2D eigenvalue weighted by atomic mass is 9.94. The number of benzene rings is 1. The molecule has 21 heavy (non-hydrogen) atoms. The van der Waals surface area contributed by atoms with Gasteiger partial charge in [0.25, 0.3) is 0 Å². The Labute approximate surface area is 119 Å². The third-order valence-electron chi connectivity index (χ3n) is 3.83. The average Bonchev–Trinajstić information content (AvgIpc) is 3.13. The summed E-state index contributed by atoms with van der Waals surface area (Å²) in [5.41, 5.74) is 2.58. The topological polar surface area (TPSA) is 96.5 Å². The van der Waals surface area contributed by atoms with Gasteiger partial charge in [-0.15, -0.1) is 0 Å². The van der Waals surface area contributed by atoms with Gasteiger partial charge in [0.05, 0.1) is 18.1 Å². The van der Waals surface area contributed by atoms with E-state index in [1.54, 1.807) is 6.33 Å². The van der Waals surface area contributed by atoms with Crippen LogP contribution in [0.3, 0.4) is 0 Å². The monoisotopic (exact) mass is 287 g/mol. The Kier molecular flexibility index (Phi) is 2.61. The van der Waals surface area contributed by atoms with Gasteiger partial charge in [0.15, 0.2) is 11.5 Å². The van der Waals surface area contributed by atoms with E-state index in [2.05, 4.69) is 15.3 Å². The molecule has 3 N–H and O–H groups in total. The van der Waals surface area contributed by atoms with Crippen molar-refractivity contribution in [1.82, 2.24) is 15.3 Å². The van der Waals surface area contributed by atoms with Crippen LogP contribution < -0.4 is 14.8 Å². The van der Waals surface area contributed by atoms with Gasteiger partial charge in [-0.1, -0.05) is 6.07 Å². The number of aliphatic carboxylic acids is 1. The Bertz CT molecular complexity index is 712. The van der Waals surface area contributed by atoms with Gasteiger partial charge in [0.2, 0.25) is 6.79 Å². The number of H-pyrrole nitrogens is 1. The summed E-state index contributed by atoms with van der Waals surface area (Å²) >= 11 is 0. The number of carboxylic acids is 1. The fourth-order valence-corrected chi connectivity index (χ4v) is 2.79. The van der Waals surface area contributed by atoms with Crippen LogP contribution in [-0.2, 0) is 11.2 Å². The van der Waals surface area contributed by atoms with Gasteiger partial charge >= 0.3 is 5.97 Å². The molecule has 7 heteroatoms. The summed E-state index contributed by atoms with van der Waals surface area (Å²) in [6, 6.07) is 4.66. The molecule has 2 aliphatic rings. The first-order valence-electron chi connectivity index (χ1n) is 6.63. The molecule has 0 aliphatic carbocycles. The number of hydrogen-bond donors (Lipinski definition) is 3. The standard InChI is InChI=1S/C14H13N3O4/c18-14(19)9-4-8-13(16-5-15-8)12(17-9)7-1-2-10-11(3-7)21-6-20-10/h1-3,5,9,12,17H,4,6H2,(H,15,16)(H,18,19)/t9-,12+/m1/s1. The van der Waals surface area contributed by atoms with E-state index in [-0.39, 0.29) is 12.8 Å². The summed E-state index contributed by atoms with van der Waals surface area (Å²) in [7, 11) is 0. The molecule has 0 saturated heterocycles. The minimum Gasteiger partial charge on any atom is -0.480 e. The summed E-state index contributed by atoms with van der Waals surface area (Å²) in [6.45, 7) is 0.211. The van der Waals surface area contributed by atoms with Gasteiger partial charge in [-0.3, -0.25) is 10.1 Å². The molecule has 4 rings (SSSR count). The van der Waals surface area contributed by atoms with E-state index in [4.69, 9.17) is 9.47 Å². The molecule has 0 saturated carbocycles. The maximum atomic E-state index is 11.3. The van der Waals surface area contributed by atoms with Crippen LogP contribution in [0.25, 0.3) is 0 Å². The number of aromatic amines is 1. The molecule has 1 aromatic carbocycles. The van der Waals surface area contributed by atoms with Crippen molar-refractivity contribution in [2.24, 2.45) is 0 Å². The molecule has 3 heterocycles. The average molecular weight is 287 g/mol. The van der Waals surface area contributed by atoms with Crippen LogP contribution in [0.1, 0.15) is 23.0 Å². The number of nitrogens with one attached hydrogen (secondary N) is 2. The normalized spacial score (nSPS) is 22.9. The smallest absolute Gasteiger partial charge is 0.321 e. The molecule has 2 aliphatic heterocycles. The minimum absolute atomic E-state index is 0.211. The number of ether oxygens (including phenoxy) is 2. The number of rotatable bonds is 2. The number of hydrogen-bond acceptors (Lipinski definition) is 5. The number of fused-ring (bicyclic) bond motifs is 2. The lowest BCUT2D eigenvalue weighted by Gasteiger charge is -2.28. The van der Waals surface area contributed by atoms with Crippen LogP contribution in [0.5, 0.6) is 11.5 Å². The van der Waals surface area contributed by atoms with Crippen molar-refractivity contribution >= 4 is 5.97 Å². The first kappa shape index (κ1) is 12.2. The van der Waals surface area contributed by atoms with Crippen molar-refractivity contribution < 1.29 is 19.4 Å². The summed E-state index contributed by atoms with van der Waals surface area (Å²) in [5, 5.41) is 12.4. The first-order valence-corrected chi connectivity index (χ1v) is 6.63. The van der Waals surface area contributed by atoms with Crippen molar-refractivity contribution in [2.75, 3.05) is 6.79 Å². The second-order valence-electron chi connectivity index (χ2n) is 5.07. The first-order chi connectivity index (χ1) is 10.2. The molecule has 1 aromatic heterocycles. The second kappa shape index (κ2) is 4.49. The number of aromatic nitrogens is 2. The molecule has 7 nitrogen and oxygen atoms in total. The molecule has 2 atom stereocenters. The second-order valence-corrected chi connectivity index (χ2v) is 5.07. The Balaban J connectivity index is 1.75. The molecular formula is C14H13N3O4. The fraction of sp³-hybridized carbons (Fsp3) is 0.286. The highest BCUT2D eigenvalue weighted by Crippen LogP contribution is 2.37. The minimum atomic E-state index is -0.874. The maximum Gasteiger partial charge on any atom is 0.321 e. The van der Waals surface area contributed by atoms with Crippen LogP contribution in [0, 0.1) is 0 Å². The summed E-state index contributed by atoms with van der Waals surface area (Å²) < 4.78 is 10.7. The van der Waals surface area contributed by atoms with Gasteiger partial charge in [-0.05, 0) is 17.7 Å². The largest absolute Gasteiger partial charge is 0.480 e. The van der Waals surface area contributed by atoms with E-state index < -0.39 is 12.0 Å². The van der Waals surface area contributed by atoms with E-state index in [9.17, 15) is 9.90 Å². The quantitative estimate of drug-likeness (QED) is 0.757. The fourth-order valence-electron chi connectivity index (χ4n) is 2.79. The molecular weight excluding hydrogens is 274 g/mol. The van der Waals surface area contributed by atoms with E-state index in [1.165, 1.54) is 0 Å². The van der Waals surface area contributed by atoms with Crippen LogP contribution in [0.2, 0.25) is 0 Å². The lowest BCUT2D eigenvalue weighted by molar-refractivity contribution is -0.139. The van der Waals surface area contributed by atoms with Crippen molar-refractivity contribution in [1.29, 1.82) is 0 Å². The highest BCUT2D eigenvalue weighted by molar-refractivity contribution is 5.74. The predicted octanol–water partition coefficient (Wildman–Crippen LogP) is 0.827. The van der Waals surface area contributed by atoms with Crippen molar-refractivity contribution in [3.63, 3.8) is 0 Å². The summed E-state index contributed by atoms with van der Waals surface area (Å²) in [4.78, 5) is 18.7. The summed E-state index contributed by atoms with van der Waals surface area (Å²) in [6.07, 6.45) is 1.99. The van der Waals surface area contributed by atoms with Gasteiger partial charge < -0.3 is 19.6 Å². The van der Waals surface area contributed by atoms with Crippen LogP contribution >= 0.6 is 0 Å². The van der Waals surface area contributed by atoms with Gasteiger partial charge in [0, 0.05) is 12.1 Å². The van der Waals surface area contributed by atoms with Crippen LogP contribution in [0.4, 0.5) is 0 Å². The molecule has 0 spiro atoms. The zero-order chi connectivity index (χ0) is 14.4. The van der Waals surface area contributed by atoms with Crippen LogP contribution in [-0.4, -0.2) is 33.9 Å². The van der Waals surface area contributed by atoms with Gasteiger partial charge in [-0.2, -0.15) is 0 Å².